The first-order chi connectivity index (χ1) is 8.17. The van der Waals surface area contributed by atoms with Gasteiger partial charge in [-0.1, -0.05) is 13.8 Å². The van der Waals surface area contributed by atoms with Crippen molar-refractivity contribution in [1.29, 1.82) is 0 Å². The Morgan fingerprint density at radius 1 is 1.35 bits per heavy atom. The predicted molar refractivity (Wildman–Crippen MR) is 69.1 cm³/mol. The Bertz CT molecular complexity index is 349. The topological polar surface area (TPSA) is 64.3 Å². The maximum atomic E-state index is 11.5. The molecule has 0 aliphatic rings. The van der Waals surface area contributed by atoms with Gasteiger partial charge >= 0.3 is 0 Å². The highest BCUT2D eigenvalue weighted by atomic mass is 16.5. The van der Waals surface area contributed by atoms with Gasteiger partial charge < -0.3 is 15.8 Å². The molecule has 17 heavy (non-hydrogen) atoms. The number of ether oxygens (including phenoxy) is 1. The largest absolute Gasteiger partial charge is 0.494 e. The third-order valence-corrected chi connectivity index (χ3v) is 2.37. The zero-order chi connectivity index (χ0) is 12.7. The van der Waals surface area contributed by atoms with Crippen LogP contribution in [0.2, 0.25) is 0 Å². The fourth-order valence-corrected chi connectivity index (χ4v) is 1.27. The Hall–Kier alpha value is -1.55. The maximum absolute atomic E-state index is 11.5. The highest BCUT2D eigenvalue weighted by molar-refractivity contribution is 5.94. The highest BCUT2D eigenvalue weighted by Crippen LogP contribution is 2.16. The van der Waals surface area contributed by atoms with E-state index in [2.05, 4.69) is 12.2 Å². The first-order valence-electron chi connectivity index (χ1n) is 5.96. The summed E-state index contributed by atoms with van der Waals surface area (Å²) in [6, 6.07) is 6.84. The zero-order valence-corrected chi connectivity index (χ0v) is 10.4. The van der Waals surface area contributed by atoms with Gasteiger partial charge in [-0.25, -0.2) is 0 Å². The fourth-order valence-electron chi connectivity index (χ4n) is 1.27. The summed E-state index contributed by atoms with van der Waals surface area (Å²) in [5.74, 6) is 0.652. The molecule has 0 bridgehead atoms. The van der Waals surface area contributed by atoms with Gasteiger partial charge in [0.1, 0.15) is 5.75 Å². The molecular weight excluding hydrogens is 216 g/mol. The van der Waals surface area contributed by atoms with E-state index in [1.54, 1.807) is 0 Å². The van der Waals surface area contributed by atoms with Crippen LogP contribution in [0.25, 0.3) is 0 Å². The predicted octanol–water partition coefficient (Wildman–Crippen LogP) is 2.15. The molecule has 0 fully saturated rings. The quantitative estimate of drug-likeness (QED) is 0.795. The van der Waals surface area contributed by atoms with E-state index in [-0.39, 0.29) is 5.91 Å². The van der Waals surface area contributed by atoms with Crippen molar-refractivity contribution >= 4 is 11.6 Å². The van der Waals surface area contributed by atoms with Crippen LogP contribution in [0, 0.1) is 0 Å². The molecule has 0 spiro atoms. The van der Waals surface area contributed by atoms with Gasteiger partial charge in [0.15, 0.2) is 0 Å². The van der Waals surface area contributed by atoms with Crippen molar-refractivity contribution in [1.82, 2.24) is 0 Å². The Balaban J connectivity index is 2.53. The minimum absolute atomic E-state index is 0.158. The zero-order valence-electron chi connectivity index (χ0n) is 10.4. The molecule has 3 N–H and O–H groups in total. The highest BCUT2D eigenvalue weighted by Gasteiger charge is 2.10. The number of anilines is 1. The molecular formula is C13H20N2O2. The molecule has 0 aliphatic heterocycles. The van der Waals surface area contributed by atoms with Crippen LogP contribution in [0.4, 0.5) is 5.69 Å². The molecule has 1 aromatic rings. The lowest BCUT2D eigenvalue weighted by Crippen LogP contribution is -2.34. The molecule has 4 nitrogen and oxygen atoms in total. The molecule has 1 amide bonds. The van der Waals surface area contributed by atoms with Crippen molar-refractivity contribution in [3.63, 3.8) is 0 Å². The summed E-state index contributed by atoms with van der Waals surface area (Å²) in [6.45, 7) is 4.64. The van der Waals surface area contributed by atoms with Gasteiger partial charge in [-0.2, -0.15) is 0 Å². The summed E-state index contributed by atoms with van der Waals surface area (Å²) in [7, 11) is 0. The van der Waals surface area contributed by atoms with Crippen LogP contribution in [0.15, 0.2) is 24.3 Å². The Kier molecular flexibility index (Phi) is 5.49. The van der Waals surface area contributed by atoms with E-state index in [1.807, 2.05) is 31.2 Å². The summed E-state index contributed by atoms with van der Waals surface area (Å²) < 4.78 is 5.45. The molecule has 0 unspecified atom stereocenters. The molecule has 0 heterocycles. The Morgan fingerprint density at radius 2 is 2.00 bits per heavy atom. The summed E-state index contributed by atoms with van der Waals surface area (Å²) in [6.07, 6.45) is 1.60. The molecule has 0 radical (unpaired) electrons. The second-order valence-corrected chi connectivity index (χ2v) is 3.88. The molecule has 1 atom stereocenters. The van der Waals surface area contributed by atoms with E-state index in [1.165, 1.54) is 0 Å². The number of benzene rings is 1. The number of hydrogen-bond donors (Lipinski definition) is 2. The Labute approximate surface area is 102 Å². The van der Waals surface area contributed by atoms with Gasteiger partial charge in [-0.05, 0) is 37.1 Å². The van der Waals surface area contributed by atoms with Crippen molar-refractivity contribution in [3.05, 3.63) is 24.3 Å². The van der Waals surface area contributed by atoms with E-state index in [0.717, 1.165) is 17.9 Å². The summed E-state index contributed by atoms with van der Waals surface area (Å²) in [5.41, 5.74) is 6.36. The second-order valence-electron chi connectivity index (χ2n) is 3.88. The summed E-state index contributed by atoms with van der Waals surface area (Å²) in [4.78, 5) is 11.5. The average Bonchev–Trinajstić information content (AvgIpc) is 2.37. The fraction of sp³-hybridized carbons (Fsp3) is 0.462. The van der Waals surface area contributed by atoms with Crippen molar-refractivity contribution in [2.75, 3.05) is 11.9 Å². The molecule has 0 saturated heterocycles. The molecule has 4 heteroatoms. The van der Waals surface area contributed by atoms with E-state index in [9.17, 15) is 4.79 Å². The maximum Gasteiger partial charge on any atom is 0.241 e. The lowest BCUT2D eigenvalue weighted by Gasteiger charge is -2.10. The van der Waals surface area contributed by atoms with Gasteiger partial charge in [0.25, 0.3) is 0 Å². The number of nitrogens with one attached hydrogen (secondary N) is 1. The van der Waals surface area contributed by atoms with Crippen molar-refractivity contribution < 1.29 is 9.53 Å². The molecule has 0 saturated carbocycles. The van der Waals surface area contributed by atoms with Crippen LogP contribution in [0.1, 0.15) is 26.7 Å². The number of carbonyl (C=O) groups excluding carboxylic acids is 1. The first kappa shape index (κ1) is 13.5. The van der Waals surface area contributed by atoms with E-state index in [0.29, 0.717) is 13.0 Å². The molecule has 1 aromatic carbocycles. The van der Waals surface area contributed by atoms with Crippen LogP contribution in [0.3, 0.4) is 0 Å². The molecule has 0 aromatic heterocycles. The minimum atomic E-state index is -0.453. The SMILES string of the molecule is CCCOc1ccc(NC(=O)[C@@H](N)CC)cc1. The van der Waals surface area contributed by atoms with E-state index in [4.69, 9.17) is 10.5 Å². The number of hydrogen-bond acceptors (Lipinski definition) is 3. The number of carbonyl (C=O) groups is 1. The van der Waals surface area contributed by atoms with E-state index >= 15 is 0 Å². The third kappa shape index (κ3) is 4.44. The van der Waals surface area contributed by atoms with Crippen LogP contribution in [-0.2, 0) is 4.79 Å². The van der Waals surface area contributed by atoms with Crippen molar-refractivity contribution in [2.24, 2.45) is 5.73 Å². The van der Waals surface area contributed by atoms with Crippen LogP contribution in [-0.4, -0.2) is 18.6 Å². The van der Waals surface area contributed by atoms with E-state index < -0.39 is 6.04 Å². The third-order valence-electron chi connectivity index (χ3n) is 2.37. The lowest BCUT2D eigenvalue weighted by atomic mass is 10.2. The van der Waals surface area contributed by atoms with Gasteiger partial charge in [-0.3, -0.25) is 4.79 Å². The standard InChI is InChI=1S/C13H20N2O2/c1-3-9-17-11-7-5-10(6-8-11)15-13(16)12(14)4-2/h5-8,12H,3-4,9,14H2,1-2H3,(H,15,16)/t12-/m0/s1. The smallest absolute Gasteiger partial charge is 0.241 e. The molecule has 94 valence electrons. The Morgan fingerprint density at radius 3 is 2.53 bits per heavy atom. The van der Waals surface area contributed by atoms with Gasteiger partial charge in [0.2, 0.25) is 5.91 Å². The van der Waals surface area contributed by atoms with Gasteiger partial charge in [0, 0.05) is 5.69 Å². The summed E-state index contributed by atoms with van der Waals surface area (Å²) in [5, 5.41) is 2.76. The minimum Gasteiger partial charge on any atom is -0.494 e. The monoisotopic (exact) mass is 236 g/mol. The van der Waals surface area contributed by atoms with Gasteiger partial charge in [0.05, 0.1) is 12.6 Å². The molecule has 1 rings (SSSR count). The number of nitrogens with two attached hydrogens (primary N) is 1. The lowest BCUT2D eigenvalue weighted by molar-refractivity contribution is -0.117. The van der Waals surface area contributed by atoms with Crippen molar-refractivity contribution in [2.45, 2.75) is 32.7 Å². The molecule has 0 aliphatic carbocycles. The van der Waals surface area contributed by atoms with Crippen LogP contribution >= 0.6 is 0 Å². The average molecular weight is 236 g/mol. The number of amides is 1. The second kappa shape index (κ2) is 6.91. The normalized spacial score (nSPS) is 11.9. The van der Waals surface area contributed by atoms with Crippen LogP contribution in [0.5, 0.6) is 5.75 Å². The van der Waals surface area contributed by atoms with Gasteiger partial charge in [-0.15, -0.1) is 0 Å². The van der Waals surface area contributed by atoms with Crippen molar-refractivity contribution in [3.8, 4) is 5.75 Å². The van der Waals surface area contributed by atoms with Crippen LogP contribution < -0.4 is 15.8 Å². The number of rotatable bonds is 6. The first-order valence-corrected chi connectivity index (χ1v) is 5.96. The summed E-state index contributed by atoms with van der Waals surface area (Å²) >= 11 is 0.